The second-order valence-corrected chi connectivity index (χ2v) is 5.41. The summed E-state index contributed by atoms with van der Waals surface area (Å²) in [6.07, 6.45) is 2.23. The number of hydrogen-bond donors (Lipinski definition) is 1. The lowest BCUT2D eigenvalue weighted by atomic mass is 10.2. The van der Waals surface area contributed by atoms with Crippen molar-refractivity contribution in [3.63, 3.8) is 0 Å². The molecule has 0 unspecified atom stereocenters. The van der Waals surface area contributed by atoms with Gasteiger partial charge in [-0.05, 0) is 11.6 Å². The van der Waals surface area contributed by atoms with Crippen LogP contribution in [0.3, 0.4) is 0 Å². The average Bonchev–Trinajstić information content (AvgIpc) is 2.82. The van der Waals surface area contributed by atoms with Crippen LogP contribution in [0.2, 0.25) is 0 Å². The van der Waals surface area contributed by atoms with Crippen LogP contribution in [0, 0.1) is 0 Å². The number of ether oxygens (including phenoxy) is 1. The zero-order valence-electron chi connectivity index (χ0n) is 13.0. The molecule has 1 fully saturated rings. The van der Waals surface area contributed by atoms with Gasteiger partial charge >= 0.3 is 0 Å². The van der Waals surface area contributed by atoms with Crippen LogP contribution in [-0.4, -0.2) is 48.9 Å². The van der Waals surface area contributed by atoms with E-state index in [1.807, 2.05) is 0 Å². The Morgan fingerprint density at radius 3 is 2.64 bits per heavy atom. The number of aromatic nitrogens is 1. The monoisotopic (exact) mass is 345 g/mol. The Kier molecular flexibility index (Phi) is 8.21. The second-order valence-electron chi connectivity index (χ2n) is 5.41. The van der Waals surface area contributed by atoms with Crippen molar-refractivity contribution in [2.45, 2.75) is 6.54 Å². The van der Waals surface area contributed by atoms with Gasteiger partial charge in [0.1, 0.15) is 0 Å². The van der Waals surface area contributed by atoms with Gasteiger partial charge in [-0.25, -0.2) is 0 Å². The topological polar surface area (TPSA) is 29.4 Å². The molecule has 3 rings (SSSR count). The number of morpholine rings is 1. The smallest absolute Gasteiger partial charge is 0.0594 e. The Bertz CT molecular complexity index is 568. The molecule has 124 valence electrons. The highest BCUT2D eigenvalue weighted by molar-refractivity contribution is 5.85. The van der Waals surface area contributed by atoms with Crippen molar-refractivity contribution in [3.05, 3.63) is 36.0 Å². The fourth-order valence-corrected chi connectivity index (χ4v) is 2.85. The zero-order valence-corrected chi connectivity index (χ0v) is 14.6. The Labute approximate surface area is 144 Å². The van der Waals surface area contributed by atoms with Gasteiger partial charge in [-0.15, -0.1) is 24.8 Å². The molecule has 0 amide bonds. The molecular weight excluding hydrogens is 321 g/mol. The summed E-state index contributed by atoms with van der Waals surface area (Å²) in [5.74, 6) is 0. The predicted octanol–water partition coefficient (Wildman–Crippen LogP) is 2.44. The van der Waals surface area contributed by atoms with Gasteiger partial charge in [0.05, 0.1) is 13.2 Å². The van der Waals surface area contributed by atoms with E-state index in [0.717, 1.165) is 45.9 Å². The van der Waals surface area contributed by atoms with E-state index >= 15 is 0 Å². The van der Waals surface area contributed by atoms with Gasteiger partial charge in [-0.1, -0.05) is 18.2 Å². The van der Waals surface area contributed by atoms with E-state index in [1.165, 1.54) is 16.5 Å². The van der Waals surface area contributed by atoms with E-state index in [4.69, 9.17) is 4.74 Å². The molecule has 1 saturated heterocycles. The summed E-state index contributed by atoms with van der Waals surface area (Å²) in [6.45, 7) is 6.96. The summed E-state index contributed by atoms with van der Waals surface area (Å²) < 4.78 is 7.56. The minimum Gasteiger partial charge on any atom is -0.379 e. The molecule has 0 spiro atoms. The molecule has 0 saturated carbocycles. The van der Waals surface area contributed by atoms with Gasteiger partial charge < -0.3 is 14.6 Å². The molecule has 2 heterocycles. The van der Waals surface area contributed by atoms with Crippen molar-refractivity contribution in [2.75, 3.05) is 39.4 Å². The standard InChI is InChI=1S/C16H23N3O.2ClH/c1-18-13-14(15-4-2-3-5-16(15)18)12-17-6-7-19-8-10-20-11-9-19;;/h2-5,13,17H,6-12H2,1H3;2*1H. The van der Waals surface area contributed by atoms with Crippen molar-refractivity contribution in [3.8, 4) is 0 Å². The highest BCUT2D eigenvalue weighted by atomic mass is 35.5. The molecule has 1 aromatic carbocycles. The van der Waals surface area contributed by atoms with E-state index in [0.29, 0.717) is 0 Å². The largest absolute Gasteiger partial charge is 0.379 e. The molecule has 1 N–H and O–H groups in total. The summed E-state index contributed by atoms with van der Waals surface area (Å²) >= 11 is 0. The number of nitrogens with one attached hydrogen (secondary N) is 1. The molecule has 1 aliphatic heterocycles. The number of benzene rings is 1. The van der Waals surface area contributed by atoms with Crippen molar-refractivity contribution < 1.29 is 4.74 Å². The van der Waals surface area contributed by atoms with Gasteiger partial charge in [-0.3, -0.25) is 4.90 Å². The summed E-state index contributed by atoms with van der Waals surface area (Å²) in [7, 11) is 2.11. The number of halogens is 2. The van der Waals surface area contributed by atoms with Gasteiger partial charge in [0, 0.05) is 56.9 Å². The number of fused-ring (bicyclic) bond motifs is 1. The van der Waals surface area contributed by atoms with Gasteiger partial charge in [0.25, 0.3) is 0 Å². The minimum atomic E-state index is 0. The van der Waals surface area contributed by atoms with Crippen LogP contribution in [0.25, 0.3) is 10.9 Å². The minimum absolute atomic E-state index is 0. The molecule has 0 aliphatic carbocycles. The third-order valence-electron chi connectivity index (χ3n) is 4.00. The summed E-state index contributed by atoms with van der Waals surface area (Å²) in [4.78, 5) is 2.46. The average molecular weight is 346 g/mol. The molecule has 1 aliphatic rings. The van der Waals surface area contributed by atoms with Crippen LogP contribution in [0.4, 0.5) is 0 Å². The first-order valence-electron chi connectivity index (χ1n) is 7.38. The fraction of sp³-hybridized carbons (Fsp3) is 0.500. The van der Waals surface area contributed by atoms with Crippen LogP contribution in [0.15, 0.2) is 30.5 Å². The number of hydrogen-bond acceptors (Lipinski definition) is 3. The van der Waals surface area contributed by atoms with Crippen LogP contribution in [0.5, 0.6) is 0 Å². The first-order chi connectivity index (χ1) is 9.84. The lowest BCUT2D eigenvalue weighted by Gasteiger charge is -2.26. The summed E-state index contributed by atoms with van der Waals surface area (Å²) in [5, 5.41) is 4.91. The second kappa shape index (κ2) is 9.38. The number of nitrogens with zero attached hydrogens (tertiary/aromatic N) is 2. The Morgan fingerprint density at radius 1 is 1.14 bits per heavy atom. The Hall–Kier alpha value is -0.780. The fourth-order valence-electron chi connectivity index (χ4n) is 2.85. The Balaban J connectivity index is 0.00000121. The Morgan fingerprint density at radius 2 is 1.86 bits per heavy atom. The van der Waals surface area contributed by atoms with Crippen LogP contribution < -0.4 is 5.32 Å². The molecule has 22 heavy (non-hydrogen) atoms. The van der Waals surface area contributed by atoms with E-state index < -0.39 is 0 Å². The van der Waals surface area contributed by atoms with Crippen molar-refractivity contribution in [1.82, 2.24) is 14.8 Å². The van der Waals surface area contributed by atoms with Gasteiger partial charge in [-0.2, -0.15) is 0 Å². The first kappa shape index (κ1) is 19.3. The lowest BCUT2D eigenvalue weighted by molar-refractivity contribution is 0.0384. The van der Waals surface area contributed by atoms with E-state index in [9.17, 15) is 0 Å². The van der Waals surface area contributed by atoms with Crippen LogP contribution in [-0.2, 0) is 18.3 Å². The molecule has 0 atom stereocenters. The SMILES string of the molecule is Cl.Cl.Cn1cc(CNCCN2CCOCC2)c2ccccc21. The molecule has 1 aromatic heterocycles. The normalized spacial score (nSPS) is 15.3. The third-order valence-corrected chi connectivity index (χ3v) is 4.00. The maximum atomic E-state index is 5.36. The number of rotatable bonds is 5. The highest BCUT2D eigenvalue weighted by Gasteiger charge is 2.09. The predicted molar refractivity (Wildman–Crippen MR) is 96.4 cm³/mol. The quantitative estimate of drug-likeness (QED) is 0.844. The molecule has 6 heteroatoms. The van der Waals surface area contributed by atoms with E-state index in [1.54, 1.807) is 0 Å². The van der Waals surface area contributed by atoms with Crippen LogP contribution >= 0.6 is 24.8 Å². The van der Waals surface area contributed by atoms with Gasteiger partial charge in [0.15, 0.2) is 0 Å². The maximum absolute atomic E-state index is 5.36. The first-order valence-corrected chi connectivity index (χ1v) is 7.38. The summed E-state index contributed by atoms with van der Waals surface area (Å²) in [6, 6.07) is 8.58. The molecule has 0 bridgehead atoms. The maximum Gasteiger partial charge on any atom is 0.0594 e. The third kappa shape index (κ3) is 4.61. The molecular formula is C16H25Cl2N3O. The van der Waals surface area contributed by atoms with Gasteiger partial charge in [0.2, 0.25) is 0 Å². The lowest BCUT2D eigenvalue weighted by Crippen LogP contribution is -2.40. The van der Waals surface area contributed by atoms with E-state index in [2.05, 4.69) is 52.3 Å². The van der Waals surface area contributed by atoms with Crippen LogP contribution in [0.1, 0.15) is 5.56 Å². The molecule has 2 aromatic rings. The van der Waals surface area contributed by atoms with Crippen molar-refractivity contribution in [1.29, 1.82) is 0 Å². The molecule has 4 nitrogen and oxygen atoms in total. The van der Waals surface area contributed by atoms with Crippen molar-refractivity contribution in [2.24, 2.45) is 7.05 Å². The highest BCUT2D eigenvalue weighted by Crippen LogP contribution is 2.19. The van der Waals surface area contributed by atoms with E-state index in [-0.39, 0.29) is 24.8 Å². The number of aryl methyl sites for hydroxylation is 1. The number of para-hydroxylation sites is 1. The molecule has 0 radical (unpaired) electrons. The zero-order chi connectivity index (χ0) is 13.8. The van der Waals surface area contributed by atoms with Crippen molar-refractivity contribution >= 4 is 35.7 Å². The summed E-state index contributed by atoms with van der Waals surface area (Å²) in [5.41, 5.74) is 2.68.